The first-order chi connectivity index (χ1) is 21.6. The molecule has 0 unspecified atom stereocenters. The number of anilines is 2. The summed E-state index contributed by atoms with van der Waals surface area (Å²) in [6.45, 7) is 2.57. The van der Waals surface area contributed by atoms with Gasteiger partial charge in [0.1, 0.15) is 29.9 Å². The molecule has 248 valence electrons. The molecule has 8 nitrogen and oxygen atoms in total. The normalized spacial score (nSPS) is 26.7. The van der Waals surface area contributed by atoms with Crippen LogP contribution in [0.5, 0.6) is 6.01 Å². The Labute approximate surface area is 258 Å². The zero-order chi connectivity index (χ0) is 32.8. The Morgan fingerprint density at radius 1 is 1.02 bits per heavy atom. The van der Waals surface area contributed by atoms with Crippen molar-refractivity contribution in [2.75, 3.05) is 43.4 Å². The molecule has 6 heterocycles. The van der Waals surface area contributed by atoms with Crippen LogP contribution < -0.4 is 20.7 Å². The van der Waals surface area contributed by atoms with Crippen molar-refractivity contribution in [3.63, 3.8) is 0 Å². The first kappa shape index (κ1) is 31.1. The van der Waals surface area contributed by atoms with Gasteiger partial charge in [0.2, 0.25) is 0 Å². The Bertz CT molecular complexity index is 1690. The molecule has 4 aliphatic rings. The van der Waals surface area contributed by atoms with Crippen LogP contribution in [0.15, 0.2) is 12.1 Å². The second-order valence-electron chi connectivity index (χ2n) is 12.8. The molecule has 2 bridgehead atoms. The molecule has 7 rings (SSSR count). The van der Waals surface area contributed by atoms with Crippen LogP contribution in [-0.4, -0.2) is 76.4 Å². The van der Waals surface area contributed by atoms with E-state index in [9.17, 15) is 30.7 Å². The number of ether oxygens (including phenoxy) is 1. The van der Waals surface area contributed by atoms with Gasteiger partial charge in [-0.25, -0.2) is 13.8 Å². The van der Waals surface area contributed by atoms with E-state index in [4.69, 9.17) is 10.5 Å². The van der Waals surface area contributed by atoms with Crippen molar-refractivity contribution in [2.45, 2.75) is 75.2 Å². The largest absolute Gasteiger partial charge is 0.461 e. The fourth-order valence-electron chi connectivity index (χ4n) is 7.81. The SMILES string of the molecule is Cc1cc(N)nc(-c2c(C(F)(F)F)cc3c(N4C[C@H]5CC[C@@H](C4)N5)nc(OC[C@@]45CCCN4C[C@H](F)C5)nc3c2F)c1C(F)(F)F. The van der Waals surface area contributed by atoms with E-state index >= 15 is 4.39 Å². The summed E-state index contributed by atoms with van der Waals surface area (Å²) in [5.74, 6) is -2.21. The third-order valence-corrected chi connectivity index (χ3v) is 9.70. The molecule has 16 heteroatoms. The lowest BCUT2D eigenvalue weighted by molar-refractivity contribution is -0.139. The third kappa shape index (κ3) is 5.26. The van der Waals surface area contributed by atoms with Crippen LogP contribution in [0.25, 0.3) is 22.2 Å². The maximum Gasteiger partial charge on any atom is 0.418 e. The van der Waals surface area contributed by atoms with Crippen molar-refractivity contribution < 1.29 is 39.9 Å². The number of hydrogen-bond donors (Lipinski definition) is 2. The van der Waals surface area contributed by atoms with E-state index in [1.807, 2.05) is 4.90 Å². The standard InChI is InChI=1S/C30H31F8N7O/c1-14-7-20(39)41-25(22(14)30(36,37)38)21-19(29(33,34)35)8-18-24(23(21)32)42-27(43-26(18)44-11-16-3-4-17(12-44)40-16)46-13-28-5-2-6-45(28)10-15(31)9-28/h7-8,15-17,40H,2-6,9-13H2,1H3,(H2,39,41)/t15-,16-,17+,28+/m1/s1. The molecule has 4 aliphatic heterocycles. The number of hydrogen-bond acceptors (Lipinski definition) is 8. The topological polar surface area (TPSA) is 92.4 Å². The second kappa shape index (κ2) is 10.8. The molecule has 0 aliphatic carbocycles. The maximum atomic E-state index is 16.7. The minimum absolute atomic E-state index is 0.0130. The number of rotatable bonds is 5. The van der Waals surface area contributed by atoms with E-state index in [0.29, 0.717) is 32.1 Å². The van der Waals surface area contributed by atoms with Crippen LogP contribution in [0.4, 0.5) is 46.8 Å². The van der Waals surface area contributed by atoms with Gasteiger partial charge < -0.3 is 20.7 Å². The number of pyridine rings is 1. The van der Waals surface area contributed by atoms with Gasteiger partial charge in [0.15, 0.2) is 5.82 Å². The Morgan fingerprint density at radius 2 is 1.74 bits per heavy atom. The Morgan fingerprint density at radius 3 is 2.41 bits per heavy atom. The number of nitrogens with zero attached hydrogens (tertiary/aromatic N) is 5. The number of aromatic nitrogens is 3. The van der Waals surface area contributed by atoms with Gasteiger partial charge in [-0.15, -0.1) is 0 Å². The van der Waals surface area contributed by atoms with Crippen molar-refractivity contribution in [3.8, 4) is 17.3 Å². The maximum absolute atomic E-state index is 16.7. The van der Waals surface area contributed by atoms with Crippen molar-refractivity contribution in [1.82, 2.24) is 25.2 Å². The van der Waals surface area contributed by atoms with Crippen molar-refractivity contribution in [1.29, 1.82) is 0 Å². The monoisotopic (exact) mass is 657 g/mol. The Balaban J connectivity index is 1.44. The molecule has 0 radical (unpaired) electrons. The summed E-state index contributed by atoms with van der Waals surface area (Å²) in [4.78, 5) is 15.9. The second-order valence-corrected chi connectivity index (χ2v) is 12.8. The van der Waals surface area contributed by atoms with Gasteiger partial charge >= 0.3 is 18.4 Å². The van der Waals surface area contributed by atoms with Crippen molar-refractivity contribution >= 4 is 22.5 Å². The van der Waals surface area contributed by atoms with Gasteiger partial charge in [-0.3, -0.25) is 4.90 Å². The Hall–Kier alpha value is -3.53. The fourth-order valence-corrected chi connectivity index (χ4v) is 7.81. The van der Waals surface area contributed by atoms with E-state index in [0.717, 1.165) is 32.3 Å². The summed E-state index contributed by atoms with van der Waals surface area (Å²) in [5.41, 5.74) is -2.05. The van der Waals surface area contributed by atoms with Crippen molar-refractivity contribution in [2.24, 2.45) is 0 Å². The number of piperazine rings is 1. The van der Waals surface area contributed by atoms with Gasteiger partial charge in [0.05, 0.1) is 27.9 Å². The average Bonchev–Trinajstić information content (AvgIpc) is 3.60. The number of aryl methyl sites for hydroxylation is 1. The highest BCUT2D eigenvalue weighted by molar-refractivity contribution is 5.95. The summed E-state index contributed by atoms with van der Waals surface area (Å²) < 4.78 is 124. The summed E-state index contributed by atoms with van der Waals surface area (Å²) in [5, 5.41) is 3.08. The van der Waals surface area contributed by atoms with Crippen LogP contribution in [-0.2, 0) is 12.4 Å². The first-order valence-electron chi connectivity index (χ1n) is 15.1. The predicted octanol–water partition coefficient (Wildman–Crippen LogP) is 5.65. The van der Waals surface area contributed by atoms with Crippen LogP contribution in [0.3, 0.4) is 0 Å². The Kier molecular flexibility index (Phi) is 7.27. The van der Waals surface area contributed by atoms with E-state index < -0.39 is 69.2 Å². The van der Waals surface area contributed by atoms with Crippen molar-refractivity contribution in [3.05, 3.63) is 34.6 Å². The average molecular weight is 658 g/mol. The highest BCUT2D eigenvalue weighted by Gasteiger charge is 2.50. The number of halogens is 8. The molecular weight excluding hydrogens is 626 g/mol. The number of alkyl halides is 7. The minimum atomic E-state index is -5.29. The highest BCUT2D eigenvalue weighted by atomic mass is 19.4. The minimum Gasteiger partial charge on any atom is -0.461 e. The van der Waals surface area contributed by atoms with E-state index in [1.165, 1.54) is 0 Å². The molecule has 0 amide bonds. The lowest BCUT2D eigenvalue weighted by Crippen LogP contribution is -2.51. The molecular formula is C30H31F8N7O. The summed E-state index contributed by atoms with van der Waals surface area (Å²) >= 11 is 0. The molecule has 0 spiro atoms. The lowest BCUT2D eigenvalue weighted by atomic mass is 9.94. The van der Waals surface area contributed by atoms with Crippen LogP contribution in [0, 0.1) is 12.7 Å². The predicted molar refractivity (Wildman–Crippen MR) is 153 cm³/mol. The van der Waals surface area contributed by atoms with Crippen LogP contribution >= 0.6 is 0 Å². The number of nitrogens with one attached hydrogen (secondary N) is 1. The molecule has 2 aromatic heterocycles. The van der Waals surface area contributed by atoms with Gasteiger partial charge in [-0.05, 0) is 56.8 Å². The van der Waals surface area contributed by atoms with Gasteiger partial charge in [0, 0.05) is 43.5 Å². The van der Waals surface area contributed by atoms with Gasteiger partial charge in [-0.1, -0.05) is 0 Å². The zero-order valence-electron chi connectivity index (χ0n) is 24.7. The number of nitrogens with two attached hydrogens (primary N) is 1. The third-order valence-electron chi connectivity index (χ3n) is 9.70. The molecule has 46 heavy (non-hydrogen) atoms. The van der Waals surface area contributed by atoms with Gasteiger partial charge in [0.25, 0.3) is 0 Å². The molecule has 4 atom stereocenters. The fraction of sp³-hybridized carbons (Fsp3) is 0.567. The van der Waals surface area contributed by atoms with E-state index in [2.05, 4.69) is 20.3 Å². The van der Waals surface area contributed by atoms with E-state index in [-0.39, 0.29) is 48.9 Å². The number of nitrogen functional groups attached to an aromatic ring is 1. The molecule has 3 aromatic rings. The summed E-state index contributed by atoms with van der Waals surface area (Å²) in [7, 11) is 0. The van der Waals surface area contributed by atoms with E-state index in [1.54, 1.807) is 4.90 Å². The molecule has 4 fully saturated rings. The molecule has 1 aromatic carbocycles. The zero-order valence-corrected chi connectivity index (χ0v) is 24.7. The first-order valence-corrected chi connectivity index (χ1v) is 15.1. The van der Waals surface area contributed by atoms with Gasteiger partial charge in [-0.2, -0.15) is 36.3 Å². The quantitative estimate of drug-likeness (QED) is 0.340. The molecule has 4 saturated heterocycles. The van der Waals surface area contributed by atoms with Crippen LogP contribution in [0.1, 0.15) is 48.8 Å². The molecule has 0 saturated carbocycles. The molecule has 3 N–H and O–H groups in total. The number of benzene rings is 1. The lowest BCUT2D eigenvalue weighted by Gasteiger charge is -2.35. The highest BCUT2D eigenvalue weighted by Crippen LogP contribution is 2.48. The van der Waals surface area contributed by atoms with Crippen LogP contribution in [0.2, 0.25) is 0 Å². The number of fused-ring (bicyclic) bond motifs is 4. The smallest absolute Gasteiger partial charge is 0.418 e. The summed E-state index contributed by atoms with van der Waals surface area (Å²) in [6, 6.07) is 1.10. The summed E-state index contributed by atoms with van der Waals surface area (Å²) in [6.07, 6.45) is -8.23.